The number of piperazine rings is 1. The zero-order valence-corrected chi connectivity index (χ0v) is 15.4. The Bertz CT molecular complexity index is 691. The molecule has 142 valence electrons. The smallest absolute Gasteiger partial charge is 0.220 e. The van der Waals surface area contributed by atoms with Crippen molar-refractivity contribution in [3.8, 4) is 0 Å². The normalized spacial score (nSPS) is 32.0. The van der Waals surface area contributed by atoms with Crippen LogP contribution in [0.2, 0.25) is 0 Å². The van der Waals surface area contributed by atoms with E-state index in [0.29, 0.717) is 5.92 Å². The average molecular weight is 361 g/mol. The van der Waals surface area contributed by atoms with Gasteiger partial charge >= 0.3 is 0 Å². The minimum atomic E-state index is -0.280. The van der Waals surface area contributed by atoms with E-state index in [4.69, 9.17) is 5.73 Å². The monoisotopic (exact) mass is 361 g/mol. The van der Waals surface area contributed by atoms with Gasteiger partial charge < -0.3 is 20.9 Å². The molecule has 3 N–H and O–H groups in total. The van der Waals surface area contributed by atoms with Crippen LogP contribution in [0.3, 0.4) is 0 Å². The Morgan fingerprint density at radius 1 is 1.38 bits per heavy atom. The maximum absolute atomic E-state index is 13.9. The van der Waals surface area contributed by atoms with Crippen LogP contribution in [0, 0.1) is 17.7 Å². The van der Waals surface area contributed by atoms with Crippen LogP contribution in [0.1, 0.15) is 25.0 Å². The molecule has 0 aromatic carbocycles. The van der Waals surface area contributed by atoms with E-state index in [1.165, 1.54) is 6.20 Å². The van der Waals surface area contributed by atoms with Crippen molar-refractivity contribution in [1.29, 1.82) is 0 Å². The second kappa shape index (κ2) is 6.78. The summed E-state index contributed by atoms with van der Waals surface area (Å²) in [6, 6.07) is 1.63. The lowest BCUT2D eigenvalue weighted by atomic mass is 9.88. The molecule has 1 amide bonds. The summed E-state index contributed by atoms with van der Waals surface area (Å²) in [5.41, 5.74) is 7.46. The predicted octanol–water partition coefficient (Wildman–Crippen LogP) is 0.759. The molecule has 1 spiro atoms. The standard InChI is InChI=1S/C19H28FN5O/c1-24-4-6-25(7-5-24)17-9-15(20)12-22-16(17)8-14-11-19(14)10-13(18(21)26)2-3-23-19/h9,12-14,23H,2-8,10-11H2,1H3,(H2,21,26). The van der Waals surface area contributed by atoms with Gasteiger partial charge in [-0.05, 0) is 45.2 Å². The van der Waals surface area contributed by atoms with Crippen molar-refractivity contribution < 1.29 is 9.18 Å². The second-order valence-electron chi connectivity index (χ2n) is 8.19. The number of hydrogen-bond acceptors (Lipinski definition) is 5. The number of nitrogens with two attached hydrogens (primary N) is 1. The van der Waals surface area contributed by atoms with Gasteiger partial charge in [-0.25, -0.2) is 4.39 Å². The number of amides is 1. The van der Waals surface area contributed by atoms with Crippen molar-refractivity contribution in [3.63, 3.8) is 0 Å². The molecule has 2 aliphatic heterocycles. The largest absolute Gasteiger partial charge is 0.369 e. The lowest BCUT2D eigenvalue weighted by Gasteiger charge is -2.35. The highest BCUT2D eigenvalue weighted by Gasteiger charge is 2.56. The second-order valence-corrected chi connectivity index (χ2v) is 8.19. The Hall–Kier alpha value is -1.73. The van der Waals surface area contributed by atoms with Crippen LogP contribution >= 0.6 is 0 Å². The van der Waals surface area contributed by atoms with Crippen LogP contribution in [0.15, 0.2) is 12.3 Å². The predicted molar refractivity (Wildman–Crippen MR) is 98.4 cm³/mol. The number of primary amides is 1. The Balaban J connectivity index is 1.48. The minimum Gasteiger partial charge on any atom is -0.369 e. The molecule has 0 radical (unpaired) electrons. The molecule has 1 saturated carbocycles. The number of halogens is 1. The van der Waals surface area contributed by atoms with Gasteiger partial charge in [0, 0.05) is 43.7 Å². The number of carbonyl (C=O) groups excluding carboxylic acids is 1. The van der Waals surface area contributed by atoms with E-state index in [9.17, 15) is 9.18 Å². The van der Waals surface area contributed by atoms with Crippen molar-refractivity contribution in [3.05, 3.63) is 23.8 Å². The van der Waals surface area contributed by atoms with Gasteiger partial charge in [0.2, 0.25) is 5.91 Å². The number of likely N-dealkylation sites (N-methyl/N-ethyl adjacent to an activating group) is 1. The first-order valence-corrected chi connectivity index (χ1v) is 9.59. The average Bonchev–Trinajstić information content (AvgIpc) is 3.27. The number of carbonyl (C=O) groups is 1. The van der Waals surface area contributed by atoms with E-state index < -0.39 is 0 Å². The van der Waals surface area contributed by atoms with Gasteiger partial charge in [-0.1, -0.05) is 0 Å². The third-order valence-corrected chi connectivity index (χ3v) is 6.41. The van der Waals surface area contributed by atoms with E-state index in [0.717, 1.165) is 69.8 Å². The molecule has 4 rings (SSSR count). The summed E-state index contributed by atoms with van der Waals surface area (Å²) in [4.78, 5) is 20.6. The Kier molecular flexibility index (Phi) is 4.61. The lowest BCUT2D eigenvalue weighted by molar-refractivity contribution is -0.123. The maximum Gasteiger partial charge on any atom is 0.220 e. The molecule has 3 heterocycles. The molecular formula is C19H28FN5O. The van der Waals surface area contributed by atoms with Crippen LogP contribution in [0.5, 0.6) is 0 Å². The van der Waals surface area contributed by atoms with Crippen molar-refractivity contribution in [2.75, 3.05) is 44.7 Å². The third kappa shape index (κ3) is 3.42. The molecule has 1 aliphatic carbocycles. The summed E-state index contributed by atoms with van der Waals surface area (Å²) < 4.78 is 13.9. The summed E-state index contributed by atoms with van der Waals surface area (Å²) in [6.07, 6.45) is 4.83. The first kappa shape index (κ1) is 17.7. The zero-order chi connectivity index (χ0) is 18.3. The van der Waals surface area contributed by atoms with Gasteiger partial charge in [-0.3, -0.25) is 9.78 Å². The summed E-state index contributed by atoms with van der Waals surface area (Å²) in [5, 5.41) is 3.61. The fourth-order valence-electron chi connectivity index (χ4n) is 4.64. The van der Waals surface area contributed by atoms with Crippen molar-refractivity contribution in [1.82, 2.24) is 15.2 Å². The van der Waals surface area contributed by atoms with Gasteiger partial charge in [0.15, 0.2) is 0 Å². The quantitative estimate of drug-likeness (QED) is 0.828. The summed E-state index contributed by atoms with van der Waals surface area (Å²) in [7, 11) is 2.11. The molecule has 0 bridgehead atoms. The van der Waals surface area contributed by atoms with E-state index in [2.05, 4.69) is 27.1 Å². The van der Waals surface area contributed by atoms with Gasteiger partial charge in [0.25, 0.3) is 0 Å². The van der Waals surface area contributed by atoms with Gasteiger partial charge in [0.05, 0.1) is 17.6 Å². The zero-order valence-electron chi connectivity index (χ0n) is 15.4. The van der Waals surface area contributed by atoms with Gasteiger partial charge in [-0.15, -0.1) is 0 Å². The van der Waals surface area contributed by atoms with Crippen LogP contribution in [-0.4, -0.2) is 61.1 Å². The van der Waals surface area contributed by atoms with Gasteiger partial charge in [0.1, 0.15) is 5.82 Å². The Morgan fingerprint density at radius 2 is 2.15 bits per heavy atom. The van der Waals surface area contributed by atoms with Gasteiger partial charge in [-0.2, -0.15) is 0 Å². The maximum atomic E-state index is 13.9. The molecule has 3 aliphatic rings. The van der Waals surface area contributed by atoms with E-state index in [-0.39, 0.29) is 23.2 Å². The minimum absolute atomic E-state index is 0.0212. The van der Waals surface area contributed by atoms with Crippen molar-refractivity contribution in [2.24, 2.45) is 17.6 Å². The third-order valence-electron chi connectivity index (χ3n) is 6.41. The van der Waals surface area contributed by atoms with Crippen molar-refractivity contribution >= 4 is 11.6 Å². The number of anilines is 1. The Morgan fingerprint density at radius 3 is 2.88 bits per heavy atom. The van der Waals surface area contributed by atoms with E-state index in [1.54, 1.807) is 6.07 Å². The number of rotatable bonds is 4. The molecule has 6 nitrogen and oxygen atoms in total. The molecule has 3 unspecified atom stereocenters. The number of hydrogen-bond donors (Lipinski definition) is 2. The first-order chi connectivity index (χ1) is 12.5. The highest BCUT2D eigenvalue weighted by molar-refractivity contribution is 5.77. The van der Waals surface area contributed by atoms with Crippen molar-refractivity contribution in [2.45, 2.75) is 31.2 Å². The van der Waals surface area contributed by atoms with E-state index >= 15 is 0 Å². The molecule has 7 heteroatoms. The van der Waals surface area contributed by atoms with Crippen LogP contribution in [0.4, 0.5) is 10.1 Å². The lowest BCUT2D eigenvalue weighted by Crippen LogP contribution is -2.46. The number of aromatic nitrogens is 1. The molecular weight excluding hydrogens is 333 g/mol. The number of piperidine rings is 1. The highest BCUT2D eigenvalue weighted by Crippen LogP contribution is 2.52. The fraction of sp³-hybridized carbons (Fsp3) is 0.684. The Labute approximate surface area is 153 Å². The molecule has 3 fully saturated rings. The summed E-state index contributed by atoms with van der Waals surface area (Å²) in [5.74, 6) is -0.0549. The van der Waals surface area contributed by atoms with E-state index in [1.807, 2.05) is 0 Å². The molecule has 26 heavy (non-hydrogen) atoms. The first-order valence-electron chi connectivity index (χ1n) is 9.59. The van der Waals surface area contributed by atoms with Crippen LogP contribution < -0.4 is 16.0 Å². The molecule has 3 atom stereocenters. The van der Waals surface area contributed by atoms with Crippen LogP contribution in [-0.2, 0) is 11.2 Å². The summed E-state index contributed by atoms with van der Waals surface area (Å²) >= 11 is 0. The topological polar surface area (TPSA) is 74.5 Å². The molecule has 1 aromatic heterocycles. The highest BCUT2D eigenvalue weighted by atomic mass is 19.1. The van der Waals surface area contributed by atoms with Crippen LogP contribution in [0.25, 0.3) is 0 Å². The summed E-state index contributed by atoms with van der Waals surface area (Å²) in [6.45, 7) is 4.58. The number of nitrogens with zero attached hydrogens (tertiary/aromatic N) is 3. The SMILES string of the molecule is CN1CCN(c2cc(F)cnc2CC2CC23CC(C(N)=O)CCN3)CC1. The number of pyridine rings is 1. The molecule has 2 saturated heterocycles. The molecule has 1 aromatic rings. The fourth-order valence-corrected chi connectivity index (χ4v) is 4.64. The number of nitrogens with one attached hydrogen (secondary N) is 1.